The molecule has 0 radical (unpaired) electrons. The Morgan fingerprint density at radius 2 is 2.06 bits per heavy atom. The van der Waals surface area contributed by atoms with Crippen molar-refractivity contribution in [1.29, 1.82) is 0 Å². The fourth-order valence-corrected chi connectivity index (χ4v) is 1.80. The van der Waals surface area contributed by atoms with Crippen LogP contribution in [-0.4, -0.2) is 27.3 Å². The van der Waals surface area contributed by atoms with E-state index < -0.39 is 0 Å². The zero-order valence-electron chi connectivity index (χ0n) is 11.1. The van der Waals surface area contributed by atoms with Crippen molar-refractivity contribution in [2.75, 3.05) is 21.3 Å². The minimum absolute atomic E-state index is 0.0234. The molecule has 0 spiro atoms. The number of ether oxygens (including phenoxy) is 3. The van der Waals surface area contributed by atoms with Crippen LogP contribution in [0.3, 0.4) is 0 Å². The second kappa shape index (κ2) is 7.71. The molecule has 0 fully saturated rings. The lowest BCUT2D eigenvalue weighted by Gasteiger charge is -2.16. The van der Waals surface area contributed by atoms with Crippen LogP contribution in [0.2, 0.25) is 0 Å². The van der Waals surface area contributed by atoms with E-state index in [0.29, 0.717) is 6.42 Å². The maximum Gasteiger partial charge on any atom is 0.305 e. The van der Waals surface area contributed by atoms with Crippen LogP contribution < -0.4 is 4.74 Å². The van der Waals surface area contributed by atoms with E-state index >= 15 is 0 Å². The van der Waals surface area contributed by atoms with Crippen LogP contribution >= 0.6 is 0 Å². The van der Waals surface area contributed by atoms with Gasteiger partial charge in [-0.25, -0.2) is 0 Å². The Morgan fingerprint density at radius 3 is 2.67 bits per heavy atom. The Hall–Kier alpha value is -1.55. The number of hydrogen-bond donors (Lipinski definition) is 0. The lowest BCUT2D eigenvalue weighted by Crippen LogP contribution is -2.05. The number of esters is 1. The van der Waals surface area contributed by atoms with Crippen LogP contribution in [0.4, 0.5) is 0 Å². The number of hydrogen-bond acceptors (Lipinski definition) is 4. The number of benzene rings is 1. The van der Waals surface area contributed by atoms with Crippen molar-refractivity contribution in [3.63, 3.8) is 0 Å². The highest BCUT2D eigenvalue weighted by Crippen LogP contribution is 2.25. The standard InChI is InChI=1S/C14H20O4/c1-16-12-7-4-6-11(10-12)13(17-2)8-5-9-14(15)18-3/h4,6-7,10,13H,5,8-9H2,1-3H3. The van der Waals surface area contributed by atoms with Gasteiger partial charge in [0, 0.05) is 13.5 Å². The van der Waals surface area contributed by atoms with Gasteiger partial charge in [-0.1, -0.05) is 12.1 Å². The number of methoxy groups -OCH3 is 3. The van der Waals surface area contributed by atoms with Gasteiger partial charge >= 0.3 is 5.97 Å². The van der Waals surface area contributed by atoms with Gasteiger partial charge in [-0.05, 0) is 30.5 Å². The summed E-state index contributed by atoms with van der Waals surface area (Å²) >= 11 is 0. The largest absolute Gasteiger partial charge is 0.497 e. The SMILES string of the molecule is COC(=O)CCCC(OC)c1cccc(OC)c1. The molecule has 4 heteroatoms. The van der Waals surface area contributed by atoms with E-state index in [2.05, 4.69) is 4.74 Å². The predicted octanol–water partition coefficient (Wildman–Crippen LogP) is 2.73. The van der Waals surface area contributed by atoms with Crippen LogP contribution in [0.5, 0.6) is 5.75 Å². The second-order valence-electron chi connectivity index (χ2n) is 3.97. The van der Waals surface area contributed by atoms with Gasteiger partial charge in [0.2, 0.25) is 0 Å². The number of carbonyl (C=O) groups excluding carboxylic acids is 1. The summed E-state index contributed by atoms with van der Waals surface area (Å²) in [4.78, 5) is 11.0. The average Bonchev–Trinajstić information content (AvgIpc) is 2.43. The molecule has 18 heavy (non-hydrogen) atoms. The Labute approximate surface area is 108 Å². The summed E-state index contributed by atoms with van der Waals surface area (Å²) in [6, 6.07) is 7.77. The minimum Gasteiger partial charge on any atom is -0.497 e. The van der Waals surface area contributed by atoms with Crippen molar-refractivity contribution in [2.45, 2.75) is 25.4 Å². The van der Waals surface area contributed by atoms with Crippen molar-refractivity contribution in [2.24, 2.45) is 0 Å². The second-order valence-corrected chi connectivity index (χ2v) is 3.97. The summed E-state index contributed by atoms with van der Waals surface area (Å²) in [5.41, 5.74) is 1.06. The van der Waals surface area contributed by atoms with Crippen molar-refractivity contribution >= 4 is 5.97 Å². The van der Waals surface area contributed by atoms with E-state index in [1.807, 2.05) is 24.3 Å². The molecule has 1 aromatic rings. The first kappa shape index (κ1) is 14.5. The molecular formula is C14H20O4. The fraction of sp³-hybridized carbons (Fsp3) is 0.500. The van der Waals surface area contributed by atoms with Gasteiger partial charge in [0.25, 0.3) is 0 Å². The van der Waals surface area contributed by atoms with Gasteiger partial charge in [-0.3, -0.25) is 4.79 Å². The minimum atomic E-state index is -0.185. The van der Waals surface area contributed by atoms with Crippen molar-refractivity contribution in [1.82, 2.24) is 0 Å². The molecule has 0 bridgehead atoms. The Balaban J connectivity index is 2.56. The summed E-state index contributed by atoms with van der Waals surface area (Å²) in [6.07, 6.45) is 1.91. The Kier molecular flexibility index (Phi) is 6.22. The summed E-state index contributed by atoms with van der Waals surface area (Å²) in [6.45, 7) is 0. The van der Waals surface area contributed by atoms with Crippen LogP contribution in [0.1, 0.15) is 30.9 Å². The summed E-state index contributed by atoms with van der Waals surface area (Å²) in [5.74, 6) is 0.623. The quantitative estimate of drug-likeness (QED) is 0.700. The van der Waals surface area contributed by atoms with Crippen LogP contribution in [-0.2, 0) is 14.3 Å². The highest BCUT2D eigenvalue weighted by molar-refractivity contribution is 5.68. The number of carbonyl (C=O) groups is 1. The Bertz CT molecular complexity index is 376. The monoisotopic (exact) mass is 252 g/mol. The summed E-state index contributed by atoms with van der Waals surface area (Å²) < 4.78 is 15.2. The first-order chi connectivity index (χ1) is 8.71. The van der Waals surface area contributed by atoms with Gasteiger partial charge in [-0.2, -0.15) is 0 Å². The maximum absolute atomic E-state index is 11.0. The summed E-state index contributed by atoms with van der Waals surface area (Å²) in [5, 5.41) is 0. The first-order valence-electron chi connectivity index (χ1n) is 5.94. The van der Waals surface area contributed by atoms with E-state index in [-0.39, 0.29) is 12.1 Å². The molecule has 0 aliphatic heterocycles. The van der Waals surface area contributed by atoms with Crippen molar-refractivity contribution in [3.05, 3.63) is 29.8 Å². The van der Waals surface area contributed by atoms with Gasteiger partial charge in [0.1, 0.15) is 5.75 Å². The van der Waals surface area contributed by atoms with E-state index in [0.717, 1.165) is 24.2 Å². The molecule has 100 valence electrons. The third kappa shape index (κ3) is 4.37. The van der Waals surface area contributed by atoms with E-state index in [9.17, 15) is 4.79 Å². The van der Waals surface area contributed by atoms with E-state index in [1.54, 1.807) is 14.2 Å². The molecule has 0 saturated carbocycles. The zero-order chi connectivity index (χ0) is 13.4. The molecule has 1 unspecified atom stereocenters. The predicted molar refractivity (Wildman–Crippen MR) is 68.6 cm³/mol. The highest BCUT2D eigenvalue weighted by atomic mass is 16.5. The fourth-order valence-electron chi connectivity index (χ4n) is 1.80. The maximum atomic E-state index is 11.0. The van der Waals surface area contributed by atoms with Crippen LogP contribution in [0, 0.1) is 0 Å². The molecule has 0 saturated heterocycles. The molecule has 0 amide bonds. The lowest BCUT2D eigenvalue weighted by molar-refractivity contribution is -0.140. The van der Waals surface area contributed by atoms with Gasteiger partial charge in [0.15, 0.2) is 0 Å². The molecule has 1 atom stereocenters. The van der Waals surface area contributed by atoms with Crippen molar-refractivity contribution in [3.8, 4) is 5.75 Å². The average molecular weight is 252 g/mol. The molecule has 0 aliphatic rings. The Morgan fingerprint density at radius 1 is 1.28 bits per heavy atom. The molecule has 0 heterocycles. The van der Waals surface area contributed by atoms with Gasteiger partial charge in [-0.15, -0.1) is 0 Å². The van der Waals surface area contributed by atoms with Crippen molar-refractivity contribution < 1.29 is 19.0 Å². The molecule has 1 aromatic carbocycles. The zero-order valence-corrected chi connectivity index (χ0v) is 11.1. The highest BCUT2D eigenvalue weighted by Gasteiger charge is 2.12. The van der Waals surface area contributed by atoms with E-state index in [4.69, 9.17) is 9.47 Å². The van der Waals surface area contributed by atoms with Gasteiger partial charge < -0.3 is 14.2 Å². The molecule has 0 aromatic heterocycles. The lowest BCUT2D eigenvalue weighted by atomic mass is 10.0. The third-order valence-electron chi connectivity index (χ3n) is 2.82. The molecule has 1 rings (SSSR count). The third-order valence-corrected chi connectivity index (χ3v) is 2.82. The normalized spacial score (nSPS) is 11.9. The van der Waals surface area contributed by atoms with E-state index in [1.165, 1.54) is 7.11 Å². The van der Waals surface area contributed by atoms with Crippen LogP contribution in [0.15, 0.2) is 24.3 Å². The van der Waals surface area contributed by atoms with Crippen LogP contribution in [0.25, 0.3) is 0 Å². The molecule has 4 nitrogen and oxygen atoms in total. The molecular weight excluding hydrogens is 232 g/mol. The smallest absolute Gasteiger partial charge is 0.305 e. The molecule has 0 N–H and O–H groups in total. The number of rotatable bonds is 7. The molecule has 0 aliphatic carbocycles. The topological polar surface area (TPSA) is 44.8 Å². The summed E-state index contributed by atoms with van der Waals surface area (Å²) in [7, 11) is 4.71. The first-order valence-corrected chi connectivity index (χ1v) is 5.94. The van der Waals surface area contributed by atoms with Gasteiger partial charge in [0.05, 0.1) is 20.3 Å².